The minimum absolute atomic E-state index is 0.0657. The van der Waals surface area contributed by atoms with Gasteiger partial charge in [-0.25, -0.2) is 17.6 Å². The zero-order chi connectivity index (χ0) is 20.0. The summed E-state index contributed by atoms with van der Waals surface area (Å²) in [5.74, 6) is -1.69. The van der Waals surface area contributed by atoms with E-state index in [1.54, 1.807) is 12.1 Å². The molecular formula is C18H19FN2O5S. The topological polar surface area (TPSA) is 92.8 Å². The van der Waals surface area contributed by atoms with Crippen molar-refractivity contribution in [1.29, 1.82) is 0 Å². The third-order valence-corrected chi connectivity index (χ3v) is 4.81. The van der Waals surface area contributed by atoms with Crippen LogP contribution >= 0.6 is 0 Å². The fourth-order valence-electron chi connectivity index (χ4n) is 2.43. The summed E-state index contributed by atoms with van der Waals surface area (Å²) < 4.78 is 43.2. The summed E-state index contributed by atoms with van der Waals surface area (Å²) in [6, 6.07) is 11.4. The molecule has 2 rings (SSSR count). The molecule has 144 valence electrons. The predicted molar refractivity (Wildman–Crippen MR) is 99.6 cm³/mol. The van der Waals surface area contributed by atoms with Crippen molar-refractivity contribution >= 4 is 33.3 Å². The third kappa shape index (κ3) is 5.52. The van der Waals surface area contributed by atoms with E-state index in [1.807, 2.05) is 0 Å². The van der Waals surface area contributed by atoms with Gasteiger partial charge in [0.2, 0.25) is 15.9 Å². The zero-order valence-electron chi connectivity index (χ0n) is 14.8. The molecule has 0 heterocycles. The number of benzene rings is 2. The van der Waals surface area contributed by atoms with Crippen LogP contribution in [0.2, 0.25) is 0 Å². The van der Waals surface area contributed by atoms with Gasteiger partial charge in [0.1, 0.15) is 5.82 Å². The van der Waals surface area contributed by atoms with Crippen molar-refractivity contribution in [2.45, 2.75) is 6.42 Å². The van der Waals surface area contributed by atoms with Crippen LogP contribution in [0.25, 0.3) is 0 Å². The van der Waals surface area contributed by atoms with Crippen molar-refractivity contribution in [3.8, 4) is 0 Å². The number of hydrogen-bond donors (Lipinski definition) is 1. The van der Waals surface area contributed by atoms with Gasteiger partial charge in [-0.2, -0.15) is 0 Å². The number of nitrogens with zero attached hydrogens (tertiary/aromatic N) is 1. The van der Waals surface area contributed by atoms with Gasteiger partial charge in [-0.3, -0.25) is 9.10 Å². The third-order valence-electron chi connectivity index (χ3n) is 3.63. The fourth-order valence-corrected chi connectivity index (χ4v) is 3.37. The van der Waals surface area contributed by atoms with Crippen molar-refractivity contribution in [1.82, 2.24) is 0 Å². The maximum atomic E-state index is 13.2. The maximum Gasteiger partial charge on any atom is 0.340 e. The molecule has 0 saturated carbocycles. The number of hydrogen-bond acceptors (Lipinski definition) is 5. The molecule has 1 amide bonds. The maximum absolute atomic E-state index is 13.2. The van der Waals surface area contributed by atoms with Crippen molar-refractivity contribution in [2.24, 2.45) is 0 Å². The molecular weight excluding hydrogens is 375 g/mol. The van der Waals surface area contributed by atoms with Gasteiger partial charge in [0.25, 0.3) is 0 Å². The number of nitrogens with one attached hydrogen (secondary N) is 1. The minimum Gasteiger partial charge on any atom is -0.465 e. The van der Waals surface area contributed by atoms with Gasteiger partial charge < -0.3 is 10.1 Å². The SMILES string of the molecule is COC(=O)c1ccccc1N(CCC(=O)Nc1cccc(F)c1)S(C)(=O)=O. The highest BCUT2D eigenvalue weighted by Crippen LogP contribution is 2.24. The van der Waals surface area contributed by atoms with Crippen molar-refractivity contribution < 1.29 is 27.1 Å². The Hall–Kier alpha value is -2.94. The molecule has 2 aromatic carbocycles. The predicted octanol–water partition coefficient (Wildman–Crippen LogP) is 2.41. The van der Waals surface area contributed by atoms with Gasteiger partial charge in [-0.1, -0.05) is 18.2 Å². The van der Waals surface area contributed by atoms with Gasteiger partial charge in [0.15, 0.2) is 0 Å². The summed E-state index contributed by atoms with van der Waals surface area (Å²) in [6.45, 7) is -0.200. The second-order valence-electron chi connectivity index (χ2n) is 5.65. The normalized spacial score (nSPS) is 10.9. The number of anilines is 2. The Kier molecular flexibility index (Phi) is 6.51. The number of sulfonamides is 1. The number of carbonyl (C=O) groups excluding carboxylic acids is 2. The second-order valence-corrected chi connectivity index (χ2v) is 7.56. The van der Waals surface area contributed by atoms with Crippen LogP contribution in [0.4, 0.5) is 15.8 Å². The first kappa shape index (κ1) is 20.4. The van der Waals surface area contributed by atoms with E-state index in [9.17, 15) is 22.4 Å². The lowest BCUT2D eigenvalue weighted by molar-refractivity contribution is -0.116. The number of rotatable bonds is 7. The molecule has 0 aliphatic carbocycles. The number of para-hydroxylation sites is 1. The molecule has 1 N–H and O–H groups in total. The monoisotopic (exact) mass is 394 g/mol. The van der Waals surface area contributed by atoms with Gasteiger partial charge in [-0.05, 0) is 30.3 Å². The highest BCUT2D eigenvalue weighted by atomic mass is 32.2. The summed E-state index contributed by atoms with van der Waals surface area (Å²) in [5.41, 5.74) is 0.447. The molecule has 9 heteroatoms. The van der Waals surface area contributed by atoms with Crippen LogP contribution < -0.4 is 9.62 Å². The summed E-state index contributed by atoms with van der Waals surface area (Å²) in [7, 11) is -2.58. The van der Waals surface area contributed by atoms with Crippen LogP contribution in [-0.2, 0) is 19.6 Å². The average Bonchev–Trinajstić information content (AvgIpc) is 2.60. The van der Waals surface area contributed by atoms with Crippen molar-refractivity contribution in [3.63, 3.8) is 0 Å². The molecule has 0 aromatic heterocycles. The van der Waals surface area contributed by atoms with Gasteiger partial charge >= 0.3 is 5.97 Å². The van der Waals surface area contributed by atoms with Crippen LogP contribution in [0.5, 0.6) is 0 Å². The highest BCUT2D eigenvalue weighted by molar-refractivity contribution is 7.92. The van der Waals surface area contributed by atoms with E-state index >= 15 is 0 Å². The molecule has 0 fully saturated rings. The lowest BCUT2D eigenvalue weighted by atomic mass is 10.1. The fraction of sp³-hybridized carbons (Fsp3) is 0.222. The zero-order valence-corrected chi connectivity index (χ0v) is 15.6. The van der Waals surface area contributed by atoms with Gasteiger partial charge in [0.05, 0.1) is 24.6 Å². The van der Waals surface area contributed by atoms with Crippen LogP contribution in [0.15, 0.2) is 48.5 Å². The Bertz CT molecular complexity index is 946. The quantitative estimate of drug-likeness (QED) is 0.728. The van der Waals surface area contributed by atoms with Crippen LogP contribution in [0.1, 0.15) is 16.8 Å². The summed E-state index contributed by atoms with van der Waals surface area (Å²) >= 11 is 0. The lowest BCUT2D eigenvalue weighted by Gasteiger charge is -2.24. The highest BCUT2D eigenvalue weighted by Gasteiger charge is 2.24. The molecule has 0 unspecified atom stereocenters. The van der Waals surface area contributed by atoms with E-state index in [2.05, 4.69) is 10.1 Å². The molecule has 0 saturated heterocycles. The van der Waals surface area contributed by atoms with Crippen molar-refractivity contribution in [3.05, 3.63) is 59.9 Å². The number of methoxy groups -OCH3 is 1. The first-order chi connectivity index (χ1) is 12.7. The Morgan fingerprint density at radius 2 is 1.85 bits per heavy atom. The van der Waals surface area contributed by atoms with E-state index in [-0.39, 0.29) is 29.9 Å². The Morgan fingerprint density at radius 1 is 1.15 bits per heavy atom. The lowest BCUT2D eigenvalue weighted by Crippen LogP contribution is -2.34. The molecule has 2 aromatic rings. The first-order valence-corrected chi connectivity index (χ1v) is 9.77. The number of amides is 1. The summed E-state index contributed by atoms with van der Waals surface area (Å²) in [6.07, 6.45) is 0.782. The first-order valence-electron chi connectivity index (χ1n) is 7.93. The van der Waals surface area contributed by atoms with E-state index in [0.717, 1.165) is 16.6 Å². The molecule has 0 aliphatic heterocycles. The molecule has 0 bridgehead atoms. The van der Waals surface area contributed by atoms with E-state index in [1.165, 1.54) is 37.4 Å². The van der Waals surface area contributed by atoms with E-state index < -0.39 is 27.7 Å². The molecule has 0 atom stereocenters. The van der Waals surface area contributed by atoms with Crippen molar-refractivity contribution in [2.75, 3.05) is 29.5 Å². The van der Waals surface area contributed by atoms with Crippen LogP contribution in [-0.4, -0.2) is 40.2 Å². The van der Waals surface area contributed by atoms with Crippen LogP contribution in [0.3, 0.4) is 0 Å². The number of carbonyl (C=O) groups is 2. The molecule has 0 radical (unpaired) electrons. The minimum atomic E-state index is -3.77. The van der Waals surface area contributed by atoms with Gasteiger partial charge in [-0.15, -0.1) is 0 Å². The molecule has 0 spiro atoms. The Morgan fingerprint density at radius 3 is 2.48 bits per heavy atom. The largest absolute Gasteiger partial charge is 0.465 e. The average molecular weight is 394 g/mol. The van der Waals surface area contributed by atoms with E-state index in [0.29, 0.717) is 0 Å². The number of esters is 1. The number of halogens is 1. The van der Waals surface area contributed by atoms with Crippen LogP contribution in [0, 0.1) is 5.82 Å². The summed E-state index contributed by atoms with van der Waals surface area (Å²) in [4.78, 5) is 24.0. The Balaban J connectivity index is 2.19. The Labute approximate surface area is 156 Å². The molecule has 27 heavy (non-hydrogen) atoms. The second kappa shape index (κ2) is 8.63. The molecule has 0 aliphatic rings. The van der Waals surface area contributed by atoms with Gasteiger partial charge in [0, 0.05) is 18.7 Å². The number of ether oxygens (including phenoxy) is 1. The summed E-state index contributed by atoms with van der Waals surface area (Å²) in [5, 5.41) is 2.50. The van der Waals surface area contributed by atoms with E-state index in [4.69, 9.17) is 0 Å². The standard InChI is InChI=1S/C18H19FN2O5S/c1-26-18(23)15-8-3-4-9-16(15)21(27(2,24)25)11-10-17(22)20-14-7-5-6-13(19)12-14/h3-9,12H,10-11H2,1-2H3,(H,20,22). The smallest absolute Gasteiger partial charge is 0.340 e. The molecule has 7 nitrogen and oxygen atoms in total.